The number of benzene rings is 2. The average molecular weight is 405 g/mol. The number of Topliss-reactive ketones (excluding diaryl/α,β-unsaturated/α-hetero) is 1. The summed E-state index contributed by atoms with van der Waals surface area (Å²) in [6.07, 6.45) is 3.46. The van der Waals surface area contributed by atoms with E-state index in [1.807, 2.05) is 24.3 Å². The molecule has 0 atom stereocenters. The second-order valence-corrected chi connectivity index (χ2v) is 6.64. The summed E-state index contributed by atoms with van der Waals surface area (Å²) >= 11 is 12.7. The first kappa shape index (κ1) is 19.5. The molecular formula is C21H18Cl2O4. The highest BCUT2D eigenvalue weighted by molar-refractivity contribution is 6.34. The quantitative estimate of drug-likeness (QED) is 0.666. The molecular weight excluding hydrogens is 387 g/mol. The van der Waals surface area contributed by atoms with Crippen LogP contribution >= 0.6 is 23.2 Å². The molecule has 27 heavy (non-hydrogen) atoms. The van der Waals surface area contributed by atoms with E-state index < -0.39 is 0 Å². The summed E-state index contributed by atoms with van der Waals surface area (Å²) in [4.78, 5) is 12.9. The van der Waals surface area contributed by atoms with Crippen molar-refractivity contribution in [3.8, 4) is 11.5 Å². The van der Waals surface area contributed by atoms with E-state index in [9.17, 15) is 4.79 Å². The van der Waals surface area contributed by atoms with Gasteiger partial charge in [-0.3, -0.25) is 4.79 Å². The van der Waals surface area contributed by atoms with Crippen LogP contribution in [0.1, 0.15) is 11.1 Å². The van der Waals surface area contributed by atoms with Gasteiger partial charge in [0.05, 0.1) is 37.5 Å². The van der Waals surface area contributed by atoms with E-state index >= 15 is 0 Å². The molecule has 0 bridgehead atoms. The molecule has 0 radical (unpaired) electrons. The molecule has 1 heterocycles. The van der Waals surface area contributed by atoms with Crippen LogP contribution in [0.5, 0.6) is 11.5 Å². The topological polar surface area (TPSA) is 44.8 Å². The summed E-state index contributed by atoms with van der Waals surface area (Å²) in [7, 11) is 3.09. The van der Waals surface area contributed by atoms with Gasteiger partial charge in [0.1, 0.15) is 11.5 Å². The summed E-state index contributed by atoms with van der Waals surface area (Å²) in [6, 6.07) is 10.8. The van der Waals surface area contributed by atoms with Gasteiger partial charge in [-0.15, -0.1) is 0 Å². The van der Waals surface area contributed by atoms with Crippen molar-refractivity contribution in [2.75, 3.05) is 27.4 Å². The van der Waals surface area contributed by atoms with Crippen LogP contribution in [0.3, 0.4) is 0 Å². The molecule has 0 aliphatic carbocycles. The normalized spacial score (nSPS) is 17.4. The zero-order valence-electron chi connectivity index (χ0n) is 14.9. The van der Waals surface area contributed by atoms with Crippen LogP contribution in [0.15, 0.2) is 47.5 Å². The Labute approximate surface area is 167 Å². The molecule has 2 aromatic carbocycles. The van der Waals surface area contributed by atoms with Crippen molar-refractivity contribution in [3.05, 3.63) is 68.7 Å². The van der Waals surface area contributed by atoms with Crippen LogP contribution < -0.4 is 9.47 Å². The fourth-order valence-electron chi connectivity index (χ4n) is 2.79. The van der Waals surface area contributed by atoms with Gasteiger partial charge in [-0.05, 0) is 35.4 Å². The smallest absolute Gasteiger partial charge is 0.189 e. The zero-order chi connectivity index (χ0) is 19.4. The fraction of sp³-hybridized carbons (Fsp3) is 0.190. The van der Waals surface area contributed by atoms with Crippen LogP contribution in [-0.4, -0.2) is 33.2 Å². The van der Waals surface area contributed by atoms with Crippen LogP contribution in [0.25, 0.3) is 12.2 Å². The Morgan fingerprint density at radius 1 is 0.852 bits per heavy atom. The molecule has 4 nitrogen and oxygen atoms in total. The molecule has 0 N–H and O–H groups in total. The fourth-order valence-corrected chi connectivity index (χ4v) is 3.31. The Kier molecular flexibility index (Phi) is 6.22. The van der Waals surface area contributed by atoms with Crippen molar-refractivity contribution in [1.82, 2.24) is 0 Å². The Hall–Kier alpha value is -2.27. The number of ketones is 1. The van der Waals surface area contributed by atoms with E-state index in [0.717, 1.165) is 0 Å². The second-order valence-electron chi connectivity index (χ2n) is 5.89. The van der Waals surface area contributed by atoms with Crippen LogP contribution in [0, 0.1) is 0 Å². The zero-order valence-corrected chi connectivity index (χ0v) is 16.4. The van der Waals surface area contributed by atoms with Gasteiger partial charge in [-0.2, -0.15) is 0 Å². The van der Waals surface area contributed by atoms with E-state index in [0.29, 0.717) is 43.8 Å². The SMILES string of the molecule is COc1cccc(/C=C2\COC/C(=C\c3cccc(OC)c3Cl)C2=O)c1Cl. The summed E-state index contributed by atoms with van der Waals surface area (Å²) in [6.45, 7) is 0.436. The molecule has 1 fully saturated rings. The molecule has 0 saturated carbocycles. The van der Waals surface area contributed by atoms with Crippen LogP contribution in [-0.2, 0) is 9.53 Å². The van der Waals surface area contributed by atoms with Gasteiger partial charge in [0.15, 0.2) is 5.78 Å². The first-order chi connectivity index (χ1) is 13.0. The van der Waals surface area contributed by atoms with Gasteiger partial charge in [-0.1, -0.05) is 47.5 Å². The van der Waals surface area contributed by atoms with E-state index in [-0.39, 0.29) is 19.0 Å². The maximum absolute atomic E-state index is 12.9. The second kappa shape index (κ2) is 8.61. The van der Waals surface area contributed by atoms with E-state index in [4.69, 9.17) is 37.4 Å². The van der Waals surface area contributed by atoms with Gasteiger partial charge in [0, 0.05) is 11.1 Å². The standard InChI is InChI=1S/C21H18Cl2O4/c1-25-17-7-3-5-13(19(17)22)9-15-11-27-12-16(21(15)24)10-14-6-4-8-18(26-2)20(14)23/h3-10H,11-12H2,1-2H3/b15-9+,16-10+. The molecule has 1 aliphatic heterocycles. The predicted molar refractivity (Wildman–Crippen MR) is 108 cm³/mol. The highest BCUT2D eigenvalue weighted by Crippen LogP contribution is 2.32. The molecule has 0 amide bonds. The van der Waals surface area contributed by atoms with Gasteiger partial charge < -0.3 is 14.2 Å². The van der Waals surface area contributed by atoms with E-state index in [1.165, 1.54) is 0 Å². The van der Waals surface area contributed by atoms with Crippen LogP contribution in [0.2, 0.25) is 10.0 Å². The number of carbonyl (C=O) groups excluding carboxylic acids is 1. The average Bonchev–Trinajstić information content (AvgIpc) is 2.68. The van der Waals surface area contributed by atoms with Crippen molar-refractivity contribution in [1.29, 1.82) is 0 Å². The lowest BCUT2D eigenvalue weighted by molar-refractivity contribution is -0.114. The third-order valence-electron chi connectivity index (χ3n) is 4.18. The minimum Gasteiger partial charge on any atom is -0.495 e. The minimum absolute atomic E-state index is 0.0981. The lowest BCUT2D eigenvalue weighted by atomic mass is 9.97. The largest absolute Gasteiger partial charge is 0.495 e. The maximum Gasteiger partial charge on any atom is 0.189 e. The minimum atomic E-state index is -0.0981. The molecule has 6 heteroatoms. The Balaban J connectivity index is 1.95. The molecule has 140 valence electrons. The summed E-state index contributed by atoms with van der Waals surface area (Å²) in [5.74, 6) is 1.00. The first-order valence-corrected chi connectivity index (χ1v) is 8.99. The van der Waals surface area contributed by atoms with Gasteiger partial charge in [0.2, 0.25) is 0 Å². The number of rotatable bonds is 4. The first-order valence-electron chi connectivity index (χ1n) is 8.23. The number of ether oxygens (including phenoxy) is 3. The Morgan fingerprint density at radius 2 is 1.30 bits per heavy atom. The van der Waals surface area contributed by atoms with Crippen molar-refractivity contribution in [3.63, 3.8) is 0 Å². The molecule has 1 aliphatic rings. The lowest BCUT2D eigenvalue weighted by Crippen LogP contribution is -2.22. The predicted octanol–water partition coefficient (Wildman–Crippen LogP) is 5.08. The van der Waals surface area contributed by atoms with E-state index in [1.54, 1.807) is 38.5 Å². The lowest BCUT2D eigenvalue weighted by Gasteiger charge is -2.18. The highest BCUT2D eigenvalue weighted by atomic mass is 35.5. The summed E-state index contributed by atoms with van der Waals surface area (Å²) in [5, 5.41) is 0.902. The van der Waals surface area contributed by atoms with Gasteiger partial charge in [-0.25, -0.2) is 0 Å². The third-order valence-corrected chi connectivity index (χ3v) is 4.99. The number of carbonyl (C=O) groups is 1. The number of methoxy groups -OCH3 is 2. The van der Waals surface area contributed by atoms with Gasteiger partial charge in [0.25, 0.3) is 0 Å². The van der Waals surface area contributed by atoms with Gasteiger partial charge >= 0.3 is 0 Å². The van der Waals surface area contributed by atoms with E-state index in [2.05, 4.69) is 0 Å². The molecule has 3 rings (SSSR count). The number of hydrogen-bond donors (Lipinski definition) is 0. The Bertz CT molecular complexity index is 858. The molecule has 0 unspecified atom stereocenters. The molecule has 1 saturated heterocycles. The van der Waals surface area contributed by atoms with Crippen LogP contribution in [0.4, 0.5) is 0 Å². The van der Waals surface area contributed by atoms with Crippen molar-refractivity contribution in [2.24, 2.45) is 0 Å². The van der Waals surface area contributed by atoms with Crippen molar-refractivity contribution in [2.45, 2.75) is 0 Å². The maximum atomic E-state index is 12.9. The highest BCUT2D eigenvalue weighted by Gasteiger charge is 2.22. The third kappa shape index (κ3) is 4.19. The number of halogens is 2. The monoisotopic (exact) mass is 404 g/mol. The number of hydrogen-bond acceptors (Lipinski definition) is 4. The summed E-state index contributed by atoms with van der Waals surface area (Å²) in [5.41, 5.74) is 2.43. The Morgan fingerprint density at radius 3 is 1.70 bits per heavy atom. The van der Waals surface area contributed by atoms with Crippen molar-refractivity contribution >= 4 is 41.1 Å². The molecule has 0 spiro atoms. The molecule has 0 aromatic heterocycles. The summed E-state index contributed by atoms with van der Waals surface area (Å²) < 4.78 is 16.0. The molecule has 2 aromatic rings. The van der Waals surface area contributed by atoms with Crippen molar-refractivity contribution < 1.29 is 19.0 Å².